The topological polar surface area (TPSA) is 85.8 Å². The van der Waals surface area contributed by atoms with Gasteiger partial charge in [0, 0.05) is 6.20 Å². The molecule has 2 heterocycles. The smallest absolute Gasteiger partial charge is 0.383 e. The summed E-state index contributed by atoms with van der Waals surface area (Å²) < 4.78 is 39.0. The van der Waals surface area contributed by atoms with Crippen LogP contribution in [0.3, 0.4) is 0 Å². The lowest BCUT2D eigenvalue weighted by molar-refractivity contribution is -0.137. The summed E-state index contributed by atoms with van der Waals surface area (Å²) in [6, 6.07) is 7.12. The van der Waals surface area contributed by atoms with Crippen molar-refractivity contribution in [1.82, 2.24) is 14.8 Å². The molecule has 6 nitrogen and oxygen atoms in total. The van der Waals surface area contributed by atoms with Crippen LogP contribution in [0.2, 0.25) is 5.02 Å². The second-order valence-electron chi connectivity index (χ2n) is 5.64. The van der Waals surface area contributed by atoms with Gasteiger partial charge in [-0.25, -0.2) is 9.67 Å². The second-order valence-corrected chi connectivity index (χ2v) is 6.05. The molecular weight excluding hydrogens is 383 g/mol. The van der Waals surface area contributed by atoms with Crippen LogP contribution in [0.1, 0.15) is 21.5 Å². The van der Waals surface area contributed by atoms with Crippen molar-refractivity contribution in [2.24, 2.45) is 0 Å². The van der Waals surface area contributed by atoms with E-state index in [9.17, 15) is 18.0 Å². The van der Waals surface area contributed by atoms with E-state index in [1.165, 1.54) is 10.9 Å². The molecule has 27 heavy (non-hydrogen) atoms. The normalized spacial score (nSPS) is 11.4. The molecule has 0 unspecified atom stereocenters. The van der Waals surface area contributed by atoms with Gasteiger partial charge in [0.25, 0.3) is 5.91 Å². The largest absolute Gasteiger partial charge is 0.417 e. The number of nitrogens with two attached hydrogens (primary N) is 1. The lowest BCUT2D eigenvalue weighted by atomic mass is 10.2. The van der Waals surface area contributed by atoms with E-state index in [2.05, 4.69) is 15.4 Å². The average molecular weight is 396 g/mol. The molecule has 1 amide bonds. The Bertz CT molecular complexity index is 979. The molecule has 2 aromatic heterocycles. The fraction of sp³-hybridized carbons (Fsp3) is 0.118. The number of carbonyl (C=O) groups is 1. The Kier molecular flexibility index (Phi) is 4.79. The van der Waals surface area contributed by atoms with Gasteiger partial charge >= 0.3 is 6.18 Å². The zero-order chi connectivity index (χ0) is 19.8. The summed E-state index contributed by atoms with van der Waals surface area (Å²) in [6.07, 6.45) is -2.62. The number of benzene rings is 1. The van der Waals surface area contributed by atoms with Crippen LogP contribution in [-0.4, -0.2) is 20.7 Å². The zero-order valence-corrected chi connectivity index (χ0v) is 14.6. The SMILES string of the molecule is Cc1cccc(Cl)c1-n1ncc(C(=O)Nc2ccc(C(F)(F)F)cn2)c1N. The number of aryl methyl sites for hydroxylation is 1. The third-order valence-corrected chi connectivity index (χ3v) is 4.09. The molecule has 0 atom stereocenters. The molecule has 1 aromatic carbocycles. The highest BCUT2D eigenvalue weighted by Gasteiger charge is 2.30. The van der Waals surface area contributed by atoms with E-state index in [0.717, 1.165) is 17.7 Å². The molecule has 0 saturated carbocycles. The van der Waals surface area contributed by atoms with Crippen LogP contribution in [0, 0.1) is 6.92 Å². The quantitative estimate of drug-likeness (QED) is 0.699. The first-order valence-corrected chi connectivity index (χ1v) is 8.00. The maximum absolute atomic E-state index is 12.6. The molecule has 0 spiro atoms. The Morgan fingerprint density at radius 2 is 1.96 bits per heavy atom. The van der Waals surface area contributed by atoms with Crippen molar-refractivity contribution in [2.45, 2.75) is 13.1 Å². The standard InChI is InChI=1S/C17H13ClF3N5O/c1-9-3-2-4-12(18)14(9)26-15(22)11(8-24-26)16(27)25-13-6-5-10(7-23-13)17(19,20)21/h2-8H,22H2,1H3,(H,23,25,27). The second kappa shape index (κ2) is 6.92. The molecule has 3 aromatic rings. The van der Waals surface area contributed by atoms with E-state index in [4.69, 9.17) is 17.3 Å². The highest BCUT2D eigenvalue weighted by atomic mass is 35.5. The maximum atomic E-state index is 12.6. The summed E-state index contributed by atoms with van der Waals surface area (Å²) >= 11 is 6.19. The predicted molar refractivity (Wildman–Crippen MR) is 94.9 cm³/mol. The molecule has 0 aliphatic heterocycles. The molecule has 0 aliphatic carbocycles. The molecular formula is C17H13ClF3N5O. The van der Waals surface area contributed by atoms with E-state index in [0.29, 0.717) is 16.9 Å². The first kappa shape index (κ1) is 18.7. The fourth-order valence-corrected chi connectivity index (χ4v) is 2.72. The van der Waals surface area contributed by atoms with Gasteiger partial charge < -0.3 is 11.1 Å². The van der Waals surface area contributed by atoms with Crippen molar-refractivity contribution in [2.75, 3.05) is 11.1 Å². The lowest BCUT2D eigenvalue weighted by Crippen LogP contribution is -2.15. The van der Waals surface area contributed by atoms with Gasteiger partial charge in [-0.05, 0) is 30.7 Å². The average Bonchev–Trinajstić information content (AvgIpc) is 2.96. The van der Waals surface area contributed by atoms with Gasteiger partial charge in [-0.2, -0.15) is 18.3 Å². The minimum Gasteiger partial charge on any atom is -0.383 e. The maximum Gasteiger partial charge on any atom is 0.417 e. The number of para-hydroxylation sites is 1. The summed E-state index contributed by atoms with van der Waals surface area (Å²) in [5, 5.41) is 6.89. The Labute approximate surface area is 156 Å². The highest BCUT2D eigenvalue weighted by Crippen LogP contribution is 2.29. The molecule has 0 saturated heterocycles. The number of amides is 1. The van der Waals surface area contributed by atoms with E-state index in [-0.39, 0.29) is 17.2 Å². The number of aromatic nitrogens is 3. The van der Waals surface area contributed by atoms with E-state index >= 15 is 0 Å². The number of nitrogens with one attached hydrogen (secondary N) is 1. The molecule has 0 radical (unpaired) electrons. The van der Waals surface area contributed by atoms with Crippen LogP contribution in [0.25, 0.3) is 5.69 Å². The van der Waals surface area contributed by atoms with Crippen LogP contribution < -0.4 is 11.1 Å². The number of nitrogens with zero attached hydrogens (tertiary/aromatic N) is 3. The molecule has 3 N–H and O–H groups in total. The summed E-state index contributed by atoms with van der Waals surface area (Å²) in [5.41, 5.74) is 6.47. The lowest BCUT2D eigenvalue weighted by Gasteiger charge is -2.10. The minimum atomic E-state index is -4.51. The fourth-order valence-electron chi connectivity index (χ4n) is 2.42. The number of alkyl halides is 3. The van der Waals surface area contributed by atoms with Crippen LogP contribution >= 0.6 is 11.6 Å². The van der Waals surface area contributed by atoms with Crippen molar-refractivity contribution >= 4 is 29.1 Å². The number of pyridine rings is 1. The number of halogens is 4. The first-order chi connectivity index (χ1) is 12.7. The number of nitrogen functional groups attached to an aromatic ring is 1. The summed E-state index contributed by atoms with van der Waals surface area (Å²) in [5.74, 6) is -0.666. The third kappa shape index (κ3) is 3.72. The Morgan fingerprint density at radius 1 is 1.22 bits per heavy atom. The molecule has 0 fully saturated rings. The van der Waals surface area contributed by atoms with Gasteiger partial charge in [0.15, 0.2) is 0 Å². The molecule has 10 heteroatoms. The zero-order valence-electron chi connectivity index (χ0n) is 13.9. The number of carbonyl (C=O) groups excluding carboxylic acids is 1. The predicted octanol–water partition coefficient (Wildman–Crippen LogP) is 4.08. The minimum absolute atomic E-state index is 0.0376. The third-order valence-electron chi connectivity index (χ3n) is 3.78. The number of hydrogen-bond donors (Lipinski definition) is 2. The van der Waals surface area contributed by atoms with E-state index in [1.54, 1.807) is 12.1 Å². The van der Waals surface area contributed by atoms with Gasteiger partial charge in [0.05, 0.1) is 22.5 Å². The van der Waals surface area contributed by atoms with Gasteiger partial charge in [0.2, 0.25) is 0 Å². The number of anilines is 2. The summed E-state index contributed by atoms with van der Waals surface area (Å²) in [6.45, 7) is 1.81. The van der Waals surface area contributed by atoms with Gasteiger partial charge in [-0.15, -0.1) is 0 Å². The Hall–Kier alpha value is -3.07. The van der Waals surface area contributed by atoms with Crippen LogP contribution in [0.5, 0.6) is 0 Å². The Morgan fingerprint density at radius 3 is 2.56 bits per heavy atom. The number of hydrogen-bond acceptors (Lipinski definition) is 4. The van der Waals surface area contributed by atoms with Crippen molar-refractivity contribution in [1.29, 1.82) is 0 Å². The van der Waals surface area contributed by atoms with Crippen molar-refractivity contribution < 1.29 is 18.0 Å². The monoisotopic (exact) mass is 395 g/mol. The number of rotatable bonds is 3. The first-order valence-electron chi connectivity index (χ1n) is 7.62. The van der Waals surface area contributed by atoms with Crippen molar-refractivity contribution in [3.05, 3.63) is 64.4 Å². The van der Waals surface area contributed by atoms with Gasteiger partial charge in [0.1, 0.15) is 17.2 Å². The van der Waals surface area contributed by atoms with Crippen LogP contribution in [0.15, 0.2) is 42.7 Å². The van der Waals surface area contributed by atoms with Crippen molar-refractivity contribution in [3.63, 3.8) is 0 Å². The summed E-state index contributed by atoms with van der Waals surface area (Å²) in [7, 11) is 0. The summed E-state index contributed by atoms with van der Waals surface area (Å²) in [4.78, 5) is 16.0. The van der Waals surface area contributed by atoms with Gasteiger partial charge in [-0.1, -0.05) is 23.7 Å². The molecule has 3 rings (SSSR count). The molecule has 0 bridgehead atoms. The van der Waals surface area contributed by atoms with Gasteiger partial charge in [-0.3, -0.25) is 4.79 Å². The highest BCUT2D eigenvalue weighted by molar-refractivity contribution is 6.32. The van der Waals surface area contributed by atoms with Crippen molar-refractivity contribution in [3.8, 4) is 5.69 Å². The molecule has 140 valence electrons. The van der Waals surface area contributed by atoms with Crippen LogP contribution in [-0.2, 0) is 6.18 Å². The molecule has 0 aliphatic rings. The van der Waals surface area contributed by atoms with E-state index < -0.39 is 17.6 Å². The van der Waals surface area contributed by atoms with E-state index in [1.807, 2.05) is 13.0 Å². The van der Waals surface area contributed by atoms with Crippen LogP contribution in [0.4, 0.5) is 24.8 Å². The Balaban J connectivity index is 1.86.